The number of ketones is 1. The molecule has 6 nitrogen and oxygen atoms in total. The third-order valence-electron chi connectivity index (χ3n) is 3.96. The molecule has 2 aromatic heterocycles. The number of hydrogen-bond donors (Lipinski definition) is 1. The largest absolute Gasteiger partial charge is 0.497 e. The van der Waals surface area contributed by atoms with Crippen molar-refractivity contribution in [2.24, 2.45) is 0 Å². The van der Waals surface area contributed by atoms with E-state index in [1.54, 1.807) is 24.6 Å². The summed E-state index contributed by atoms with van der Waals surface area (Å²) in [6, 6.07) is 11.1. The lowest BCUT2D eigenvalue weighted by Crippen LogP contribution is -2.31. The molecule has 0 unspecified atom stereocenters. The maximum atomic E-state index is 12.6. The van der Waals surface area contributed by atoms with Gasteiger partial charge in [0.2, 0.25) is 0 Å². The molecule has 1 aromatic carbocycles. The number of benzene rings is 1. The number of methoxy groups -OCH3 is 1. The Hall–Kier alpha value is -3.15. The number of imidazole rings is 1. The molecule has 2 heterocycles. The fraction of sp³-hybridized carbons (Fsp3) is 0.211. The predicted molar refractivity (Wildman–Crippen MR) is 93.8 cm³/mol. The molecule has 0 spiro atoms. The van der Waals surface area contributed by atoms with Crippen molar-refractivity contribution < 1.29 is 14.3 Å². The van der Waals surface area contributed by atoms with Gasteiger partial charge < -0.3 is 10.1 Å². The average Bonchev–Trinajstić information content (AvgIpc) is 2.93. The zero-order valence-corrected chi connectivity index (χ0v) is 14.4. The van der Waals surface area contributed by atoms with Gasteiger partial charge in [0, 0.05) is 12.7 Å². The van der Waals surface area contributed by atoms with Crippen LogP contribution in [0.25, 0.3) is 5.65 Å². The van der Waals surface area contributed by atoms with Crippen molar-refractivity contribution in [3.63, 3.8) is 0 Å². The summed E-state index contributed by atoms with van der Waals surface area (Å²) in [5.41, 5.74) is 3.37. The van der Waals surface area contributed by atoms with Gasteiger partial charge in [0.25, 0.3) is 11.7 Å². The SMILES string of the molecule is COc1cccc(CNC(=O)C(=O)c2c(C)nc3cc(C)ccn23)c1. The van der Waals surface area contributed by atoms with Gasteiger partial charge >= 0.3 is 0 Å². The van der Waals surface area contributed by atoms with Gasteiger partial charge in [-0.3, -0.25) is 14.0 Å². The van der Waals surface area contributed by atoms with Gasteiger partial charge in [-0.25, -0.2) is 4.98 Å². The quantitative estimate of drug-likeness (QED) is 0.573. The number of nitrogens with zero attached hydrogens (tertiary/aromatic N) is 2. The Balaban J connectivity index is 1.78. The highest BCUT2D eigenvalue weighted by molar-refractivity contribution is 6.42. The van der Waals surface area contributed by atoms with E-state index in [9.17, 15) is 9.59 Å². The van der Waals surface area contributed by atoms with E-state index in [4.69, 9.17) is 4.74 Å². The standard InChI is InChI=1S/C19H19N3O3/c1-12-7-8-22-16(9-12)21-13(2)17(22)18(23)19(24)20-11-14-5-4-6-15(10-14)25-3/h4-10H,11H2,1-3H3,(H,20,24). The van der Waals surface area contributed by atoms with E-state index >= 15 is 0 Å². The van der Waals surface area contributed by atoms with Crippen LogP contribution in [0.5, 0.6) is 5.75 Å². The molecule has 0 saturated carbocycles. The van der Waals surface area contributed by atoms with Crippen molar-refractivity contribution in [3.8, 4) is 5.75 Å². The van der Waals surface area contributed by atoms with Crippen LogP contribution in [-0.4, -0.2) is 28.2 Å². The second-order valence-electron chi connectivity index (χ2n) is 5.84. The second kappa shape index (κ2) is 6.76. The summed E-state index contributed by atoms with van der Waals surface area (Å²) in [6.07, 6.45) is 1.76. The van der Waals surface area contributed by atoms with E-state index in [0.717, 1.165) is 11.1 Å². The summed E-state index contributed by atoms with van der Waals surface area (Å²) in [5.74, 6) is -0.559. The van der Waals surface area contributed by atoms with E-state index in [1.165, 1.54) is 0 Å². The summed E-state index contributed by atoms with van der Waals surface area (Å²) >= 11 is 0. The molecule has 0 fully saturated rings. The molecule has 0 aliphatic rings. The van der Waals surface area contributed by atoms with Crippen LogP contribution in [0.1, 0.15) is 27.3 Å². The van der Waals surface area contributed by atoms with E-state index in [-0.39, 0.29) is 12.2 Å². The molecule has 3 aromatic rings. The Labute approximate surface area is 145 Å². The minimum atomic E-state index is -0.659. The van der Waals surface area contributed by atoms with Crippen LogP contribution in [0, 0.1) is 13.8 Å². The molecule has 0 radical (unpaired) electrons. The van der Waals surface area contributed by atoms with Gasteiger partial charge in [-0.15, -0.1) is 0 Å². The fourth-order valence-electron chi connectivity index (χ4n) is 2.69. The number of carbonyl (C=O) groups is 2. The molecule has 0 aliphatic heterocycles. The zero-order valence-electron chi connectivity index (χ0n) is 14.4. The number of carbonyl (C=O) groups excluding carboxylic acids is 2. The van der Waals surface area contributed by atoms with Crippen molar-refractivity contribution >= 4 is 17.3 Å². The molecule has 1 N–H and O–H groups in total. The van der Waals surface area contributed by atoms with Crippen LogP contribution in [0.2, 0.25) is 0 Å². The molecule has 25 heavy (non-hydrogen) atoms. The minimum Gasteiger partial charge on any atom is -0.497 e. The van der Waals surface area contributed by atoms with Crippen molar-refractivity contribution in [2.45, 2.75) is 20.4 Å². The maximum Gasteiger partial charge on any atom is 0.294 e. The van der Waals surface area contributed by atoms with Crippen molar-refractivity contribution in [3.05, 3.63) is 65.1 Å². The van der Waals surface area contributed by atoms with E-state index in [2.05, 4.69) is 10.3 Å². The molecule has 128 valence electrons. The normalized spacial score (nSPS) is 10.7. The van der Waals surface area contributed by atoms with Crippen LogP contribution in [-0.2, 0) is 11.3 Å². The number of Topliss-reactive ketones (excluding diaryl/α,β-unsaturated/α-hetero) is 1. The number of nitrogens with one attached hydrogen (secondary N) is 1. The number of pyridine rings is 1. The van der Waals surface area contributed by atoms with Gasteiger partial charge in [-0.1, -0.05) is 12.1 Å². The topological polar surface area (TPSA) is 72.7 Å². The Bertz CT molecular complexity index is 960. The van der Waals surface area contributed by atoms with E-state index in [0.29, 0.717) is 17.1 Å². The van der Waals surface area contributed by atoms with Gasteiger partial charge in [-0.05, 0) is 49.2 Å². The Morgan fingerprint density at radius 2 is 2.00 bits per heavy atom. The number of hydrogen-bond acceptors (Lipinski definition) is 4. The third kappa shape index (κ3) is 3.38. The third-order valence-corrected chi connectivity index (χ3v) is 3.96. The first kappa shape index (κ1) is 16.7. The van der Waals surface area contributed by atoms with Crippen LogP contribution in [0.3, 0.4) is 0 Å². The lowest BCUT2D eigenvalue weighted by molar-refractivity contribution is -0.117. The summed E-state index contributed by atoms with van der Waals surface area (Å²) in [4.78, 5) is 29.2. The van der Waals surface area contributed by atoms with Crippen LogP contribution < -0.4 is 10.1 Å². The van der Waals surface area contributed by atoms with Gasteiger partial charge in [0.1, 0.15) is 17.1 Å². The number of amides is 1. The number of fused-ring (bicyclic) bond motifs is 1. The molecule has 6 heteroatoms. The molecule has 0 saturated heterocycles. The minimum absolute atomic E-state index is 0.247. The molecule has 0 atom stereocenters. The molecule has 0 aliphatic carbocycles. The first-order valence-electron chi connectivity index (χ1n) is 7.90. The van der Waals surface area contributed by atoms with Crippen molar-refractivity contribution in [2.75, 3.05) is 7.11 Å². The number of aryl methyl sites for hydroxylation is 2. The maximum absolute atomic E-state index is 12.6. The molecular weight excluding hydrogens is 318 g/mol. The number of aromatic nitrogens is 2. The number of rotatable bonds is 5. The van der Waals surface area contributed by atoms with Crippen LogP contribution in [0.4, 0.5) is 0 Å². The summed E-state index contributed by atoms with van der Waals surface area (Å²) in [5, 5.41) is 2.66. The van der Waals surface area contributed by atoms with Crippen LogP contribution >= 0.6 is 0 Å². The number of ether oxygens (including phenoxy) is 1. The van der Waals surface area contributed by atoms with Crippen molar-refractivity contribution in [1.82, 2.24) is 14.7 Å². The van der Waals surface area contributed by atoms with Gasteiger partial charge in [0.05, 0.1) is 12.8 Å². The van der Waals surface area contributed by atoms with E-state index < -0.39 is 11.7 Å². The molecule has 0 bridgehead atoms. The lowest BCUT2D eigenvalue weighted by atomic mass is 10.2. The first-order chi connectivity index (χ1) is 12.0. The van der Waals surface area contributed by atoms with E-state index in [1.807, 2.05) is 43.3 Å². The second-order valence-corrected chi connectivity index (χ2v) is 5.84. The predicted octanol–water partition coefficient (Wildman–Crippen LogP) is 2.46. The zero-order chi connectivity index (χ0) is 18.0. The van der Waals surface area contributed by atoms with Crippen LogP contribution in [0.15, 0.2) is 42.6 Å². The molecular formula is C19H19N3O3. The monoisotopic (exact) mass is 337 g/mol. The highest BCUT2D eigenvalue weighted by Gasteiger charge is 2.23. The summed E-state index contributed by atoms with van der Waals surface area (Å²) < 4.78 is 6.80. The molecule has 3 rings (SSSR count). The highest BCUT2D eigenvalue weighted by atomic mass is 16.5. The molecule has 1 amide bonds. The smallest absolute Gasteiger partial charge is 0.294 e. The van der Waals surface area contributed by atoms with Gasteiger partial charge in [-0.2, -0.15) is 0 Å². The lowest BCUT2D eigenvalue weighted by Gasteiger charge is -2.07. The Morgan fingerprint density at radius 1 is 1.20 bits per heavy atom. The fourth-order valence-corrected chi connectivity index (χ4v) is 2.69. The van der Waals surface area contributed by atoms with Crippen molar-refractivity contribution in [1.29, 1.82) is 0 Å². The van der Waals surface area contributed by atoms with Gasteiger partial charge in [0.15, 0.2) is 0 Å². The summed E-state index contributed by atoms with van der Waals surface area (Å²) in [7, 11) is 1.58. The highest BCUT2D eigenvalue weighted by Crippen LogP contribution is 2.15. The average molecular weight is 337 g/mol. The first-order valence-corrected chi connectivity index (χ1v) is 7.90. The summed E-state index contributed by atoms with van der Waals surface area (Å²) in [6.45, 7) is 3.92. The Kier molecular flexibility index (Phi) is 4.52. The Morgan fingerprint density at radius 3 is 2.76 bits per heavy atom.